The molecule has 0 fully saturated rings. The van der Waals surface area contributed by atoms with Crippen LogP contribution in [0.2, 0.25) is 0 Å². The van der Waals surface area contributed by atoms with Crippen molar-refractivity contribution in [3.05, 3.63) is 46.9 Å². The minimum Gasteiger partial charge on any atom is -0.497 e. The van der Waals surface area contributed by atoms with E-state index >= 15 is 0 Å². The lowest BCUT2D eigenvalue weighted by atomic mass is 10.2. The van der Waals surface area contributed by atoms with E-state index in [1.54, 1.807) is 18.2 Å². The summed E-state index contributed by atoms with van der Waals surface area (Å²) < 4.78 is 45.3. The van der Waals surface area contributed by atoms with Gasteiger partial charge in [0.15, 0.2) is 5.58 Å². The van der Waals surface area contributed by atoms with E-state index in [-0.39, 0.29) is 16.9 Å². The molecule has 0 saturated carbocycles. The van der Waals surface area contributed by atoms with E-state index in [2.05, 4.69) is 10.0 Å². The maximum atomic E-state index is 13.0. The highest BCUT2D eigenvalue weighted by molar-refractivity contribution is 7.98. The Morgan fingerprint density at radius 3 is 2.42 bits per heavy atom. The SMILES string of the molecule is COc1cc(NC(=O)[C@H](CCSC)NS(=O)(=O)c2ccc3c(c2)oc(=O)n3C)cc(OC)c1. The number of sulfonamides is 1. The molecule has 0 spiro atoms. The summed E-state index contributed by atoms with van der Waals surface area (Å²) in [6, 6.07) is 7.91. The number of thioether (sulfide) groups is 1. The van der Waals surface area contributed by atoms with E-state index in [0.717, 1.165) is 0 Å². The zero-order valence-corrected chi connectivity index (χ0v) is 20.2. The molecule has 2 N–H and O–H groups in total. The molecule has 178 valence electrons. The first kappa shape index (κ1) is 24.7. The van der Waals surface area contributed by atoms with Crippen LogP contribution in [0.15, 0.2) is 50.5 Å². The van der Waals surface area contributed by atoms with Gasteiger partial charge in [-0.15, -0.1) is 0 Å². The molecule has 1 heterocycles. The van der Waals surface area contributed by atoms with Crippen LogP contribution in [0.5, 0.6) is 11.5 Å². The van der Waals surface area contributed by atoms with E-state index in [1.165, 1.54) is 55.8 Å². The van der Waals surface area contributed by atoms with Crippen molar-refractivity contribution in [3.63, 3.8) is 0 Å². The first-order chi connectivity index (χ1) is 15.7. The van der Waals surface area contributed by atoms with Gasteiger partial charge in [-0.05, 0) is 30.6 Å². The molecule has 0 bridgehead atoms. The lowest BCUT2D eigenvalue weighted by molar-refractivity contribution is -0.117. The van der Waals surface area contributed by atoms with Crippen LogP contribution in [-0.2, 0) is 21.9 Å². The number of carbonyl (C=O) groups excluding carboxylic acids is 1. The lowest BCUT2D eigenvalue weighted by Crippen LogP contribution is -2.44. The van der Waals surface area contributed by atoms with Crippen molar-refractivity contribution in [2.75, 3.05) is 31.5 Å². The van der Waals surface area contributed by atoms with E-state index in [0.29, 0.717) is 28.5 Å². The number of nitrogens with one attached hydrogen (secondary N) is 2. The monoisotopic (exact) mass is 495 g/mol. The molecule has 1 aromatic heterocycles. The Morgan fingerprint density at radius 2 is 1.82 bits per heavy atom. The third-order valence-electron chi connectivity index (χ3n) is 4.92. The van der Waals surface area contributed by atoms with Crippen LogP contribution < -0.4 is 25.3 Å². The minimum atomic E-state index is -4.09. The number of hydrogen-bond acceptors (Lipinski definition) is 8. The van der Waals surface area contributed by atoms with Gasteiger partial charge in [0.25, 0.3) is 0 Å². The van der Waals surface area contributed by atoms with Crippen molar-refractivity contribution >= 4 is 44.5 Å². The third-order valence-corrected chi connectivity index (χ3v) is 7.03. The van der Waals surface area contributed by atoms with Gasteiger partial charge in [-0.2, -0.15) is 16.5 Å². The normalized spacial score (nSPS) is 12.5. The number of oxazole rings is 1. The second-order valence-corrected chi connectivity index (χ2v) is 9.80. The number of fused-ring (bicyclic) bond motifs is 1. The molecule has 0 aliphatic heterocycles. The topological polar surface area (TPSA) is 129 Å². The van der Waals surface area contributed by atoms with Gasteiger partial charge in [0.05, 0.1) is 24.6 Å². The third kappa shape index (κ3) is 5.70. The van der Waals surface area contributed by atoms with Crippen molar-refractivity contribution < 1.29 is 27.1 Å². The highest BCUT2D eigenvalue weighted by Crippen LogP contribution is 2.26. The predicted octanol–water partition coefficient (Wildman–Crippen LogP) is 2.19. The number of methoxy groups -OCH3 is 2. The van der Waals surface area contributed by atoms with Gasteiger partial charge in [-0.3, -0.25) is 9.36 Å². The summed E-state index contributed by atoms with van der Waals surface area (Å²) in [5.41, 5.74) is 0.999. The molecule has 10 nitrogen and oxygen atoms in total. The highest BCUT2D eigenvalue weighted by atomic mass is 32.2. The van der Waals surface area contributed by atoms with E-state index in [4.69, 9.17) is 13.9 Å². The van der Waals surface area contributed by atoms with Crippen LogP contribution in [0.3, 0.4) is 0 Å². The van der Waals surface area contributed by atoms with Crippen LogP contribution in [0.1, 0.15) is 6.42 Å². The number of hydrogen-bond donors (Lipinski definition) is 2. The van der Waals surface area contributed by atoms with Crippen molar-refractivity contribution in [2.45, 2.75) is 17.4 Å². The largest absolute Gasteiger partial charge is 0.497 e. The molecule has 0 radical (unpaired) electrons. The smallest absolute Gasteiger partial charge is 0.419 e. The van der Waals surface area contributed by atoms with Crippen molar-refractivity contribution in [1.29, 1.82) is 0 Å². The average molecular weight is 496 g/mol. The quantitative estimate of drug-likeness (QED) is 0.438. The minimum absolute atomic E-state index is 0.116. The first-order valence-electron chi connectivity index (χ1n) is 9.83. The van der Waals surface area contributed by atoms with Gasteiger partial charge < -0.3 is 19.2 Å². The summed E-state index contributed by atoms with van der Waals surface area (Å²) >= 11 is 1.49. The first-order valence-corrected chi connectivity index (χ1v) is 12.7. The standard InChI is InChI=1S/C21H25N3O7S2/c1-24-18-6-5-16(12-19(18)31-21(24)26)33(27,28)23-17(7-8-32-4)20(25)22-13-9-14(29-2)11-15(10-13)30-3/h5-6,9-12,17,23H,7-8H2,1-4H3,(H,22,25)/t17-/m0/s1. The Kier molecular flexibility index (Phi) is 7.72. The molecule has 12 heteroatoms. The summed E-state index contributed by atoms with van der Waals surface area (Å²) in [6.45, 7) is 0. The summed E-state index contributed by atoms with van der Waals surface area (Å²) in [6.07, 6.45) is 2.12. The number of anilines is 1. The van der Waals surface area contributed by atoms with Crippen LogP contribution >= 0.6 is 11.8 Å². The average Bonchev–Trinajstić information content (AvgIpc) is 3.08. The Labute approximate surface area is 195 Å². The van der Waals surface area contributed by atoms with Crippen LogP contribution in [0.25, 0.3) is 11.1 Å². The molecular formula is C21H25N3O7S2. The van der Waals surface area contributed by atoms with Gasteiger partial charge in [-0.1, -0.05) is 0 Å². The fourth-order valence-corrected chi connectivity index (χ4v) is 4.84. The van der Waals surface area contributed by atoms with Crippen molar-refractivity contribution in [1.82, 2.24) is 9.29 Å². The molecule has 33 heavy (non-hydrogen) atoms. The number of ether oxygens (including phenoxy) is 2. The number of benzene rings is 2. The number of amides is 1. The van der Waals surface area contributed by atoms with Crippen LogP contribution in [0, 0.1) is 0 Å². The fourth-order valence-electron chi connectivity index (χ4n) is 3.12. The number of rotatable bonds is 10. The zero-order chi connectivity index (χ0) is 24.2. The Bertz CT molecular complexity index is 1290. The van der Waals surface area contributed by atoms with Crippen molar-refractivity contribution in [3.8, 4) is 11.5 Å². The molecule has 3 aromatic rings. The molecule has 3 rings (SSSR count). The number of nitrogens with zero attached hydrogens (tertiary/aromatic N) is 1. The van der Waals surface area contributed by atoms with E-state index in [9.17, 15) is 18.0 Å². The maximum absolute atomic E-state index is 13.0. The van der Waals surface area contributed by atoms with Gasteiger partial charge in [0.2, 0.25) is 15.9 Å². The van der Waals surface area contributed by atoms with Gasteiger partial charge >= 0.3 is 5.76 Å². The molecule has 1 amide bonds. The Hall–Kier alpha value is -2.96. The fraction of sp³-hybridized carbons (Fsp3) is 0.333. The van der Waals surface area contributed by atoms with Gasteiger partial charge in [-0.25, -0.2) is 13.2 Å². The highest BCUT2D eigenvalue weighted by Gasteiger charge is 2.26. The molecule has 1 atom stereocenters. The van der Waals surface area contributed by atoms with Crippen LogP contribution in [0.4, 0.5) is 5.69 Å². The van der Waals surface area contributed by atoms with Gasteiger partial charge in [0, 0.05) is 37.0 Å². The lowest BCUT2D eigenvalue weighted by Gasteiger charge is -2.19. The van der Waals surface area contributed by atoms with Crippen LogP contribution in [-0.4, -0.2) is 51.2 Å². The second-order valence-electron chi connectivity index (χ2n) is 7.10. The Balaban J connectivity index is 1.86. The molecular weight excluding hydrogens is 470 g/mol. The maximum Gasteiger partial charge on any atom is 0.419 e. The summed E-state index contributed by atoms with van der Waals surface area (Å²) in [5, 5.41) is 2.72. The Morgan fingerprint density at radius 1 is 1.15 bits per heavy atom. The molecule has 2 aromatic carbocycles. The second kappa shape index (κ2) is 10.3. The molecule has 0 aliphatic carbocycles. The molecule has 0 aliphatic rings. The number of aromatic nitrogens is 1. The molecule has 0 unspecified atom stereocenters. The summed E-state index contributed by atoms with van der Waals surface area (Å²) in [7, 11) is 0.411. The van der Waals surface area contributed by atoms with E-state index in [1.807, 2.05) is 6.26 Å². The van der Waals surface area contributed by atoms with Gasteiger partial charge in [0.1, 0.15) is 17.5 Å². The summed E-state index contributed by atoms with van der Waals surface area (Å²) in [5.74, 6) is 0.370. The molecule has 0 saturated heterocycles. The van der Waals surface area contributed by atoms with Crippen molar-refractivity contribution in [2.24, 2.45) is 7.05 Å². The summed E-state index contributed by atoms with van der Waals surface area (Å²) in [4.78, 5) is 24.6. The van der Waals surface area contributed by atoms with E-state index < -0.39 is 27.7 Å². The number of carbonyl (C=O) groups is 1. The number of aryl methyl sites for hydroxylation is 1. The zero-order valence-electron chi connectivity index (χ0n) is 18.6. The predicted molar refractivity (Wildman–Crippen MR) is 127 cm³/mol.